The molecule has 0 spiro atoms. The Kier molecular flexibility index (Phi) is 3.33. The van der Waals surface area contributed by atoms with E-state index in [1.54, 1.807) is 6.07 Å². The van der Waals surface area contributed by atoms with Crippen LogP contribution in [0.5, 0.6) is 11.6 Å². The van der Waals surface area contributed by atoms with Gasteiger partial charge < -0.3 is 4.74 Å². The molecule has 0 aliphatic carbocycles. The molecule has 0 unspecified atom stereocenters. The number of rotatable bonds is 2. The van der Waals surface area contributed by atoms with E-state index >= 15 is 0 Å². The summed E-state index contributed by atoms with van der Waals surface area (Å²) in [6, 6.07) is 6.38. The molecule has 1 aromatic carbocycles. The number of hydrogen-bond acceptors (Lipinski definition) is 4. The van der Waals surface area contributed by atoms with Crippen LogP contribution in [-0.2, 0) is 6.18 Å². The van der Waals surface area contributed by atoms with Crippen molar-refractivity contribution in [1.29, 1.82) is 5.26 Å². The molecule has 96 valence electrons. The Hall–Kier alpha value is -2.62. The van der Waals surface area contributed by atoms with Crippen molar-refractivity contribution in [3.8, 4) is 17.7 Å². The van der Waals surface area contributed by atoms with E-state index in [9.17, 15) is 13.2 Å². The summed E-state index contributed by atoms with van der Waals surface area (Å²) < 4.78 is 43.3. The fourth-order valence-electron chi connectivity index (χ4n) is 1.37. The van der Waals surface area contributed by atoms with E-state index < -0.39 is 17.5 Å². The standard InChI is InChI=1S/C12H6F3N3O/c13-12(14,15)8-3-1-2-4-10(8)19-11-9(7-16)17-5-6-18-11/h1-6H. The minimum Gasteiger partial charge on any atom is -0.436 e. The lowest BCUT2D eigenvalue weighted by Crippen LogP contribution is -2.07. The summed E-state index contributed by atoms with van der Waals surface area (Å²) in [4.78, 5) is 7.35. The van der Waals surface area contributed by atoms with Crippen molar-refractivity contribution in [2.24, 2.45) is 0 Å². The summed E-state index contributed by atoms with van der Waals surface area (Å²) in [5.41, 5.74) is -1.12. The maximum Gasteiger partial charge on any atom is 0.419 e. The first kappa shape index (κ1) is 12.8. The van der Waals surface area contributed by atoms with E-state index in [2.05, 4.69) is 9.97 Å². The molecule has 0 radical (unpaired) electrons. The van der Waals surface area contributed by atoms with Crippen molar-refractivity contribution in [2.45, 2.75) is 6.18 Å². The molecule has 19 heavy (non-hydrogen) atoms. The van der Waals surface area contributed by atoms with Crippen LogP contribution >= 0.6 is 0 Å². The summed E-state index contributed by atoms with van der Waals surface area (Å²) in [5, 5.41) is 8.77. The lowest BCUT2D eigenvalue weighted by molar-refractivity contribution is -0.138. The summed E-state index contributed by atoms with van der Waals surface area (Å²) in [5.74, 6) is -0.686. The number of halogens is 3. The highest BCUT2D eigenvalue weighted by molar-refractivity contribution is 5.40. The Bertz CT molecular complexity index is 635. The molecule has 7 heteroatoms. The van der Waals surface area contributed by atoms with Gasteiger partial charge in [-0.1, -0.05) is 12.1 Å². The fourth-order valence-corrected chi connectivity index (χ4v) is 1.37. The van der Waals surface area contributed by atoms with E-state index in [-0.39, 0.29) is 11.6 Å². The molecule has 1 heterocycles. The van der Waals surface area contributed by atoms with Gasteiger partial charge in [-0.15, -0.1) is 0 Å². The summed E-state index contributed by atoms with van der Waals surface area (Å²) in [6.45, 7) is 0. The van der Waals surface area contributed by atoms with Crippen LogP contribution in [0.25, 0.3) is 0 Å². The summed E-state index contributed by atoms with van der Waals surface area (Å²) >= 11 is 0. The first-order chi connectivity index (χ1) is 9.02. The zero-order valence-electron chi connectivity index (χ0n) is 9.35. The van der Waals surface area contributed by atoms with Crippen molar-refractivity contribution < 1.29 is 17.9 Å². The van der Waals surface area contributed by atoms with Crippen molar-refractivity contribution in [2.75, 3.05) is 0 Å². The molecule has 4 nitrogen and oxygen atoms in total. The van der Waals surface area contributed by atoms with Gasteiger partial charge in [-0.3, -0.25) is 0 Å². The number of nitrogens with zero attached hydrogens (tertiary/aromatic N) is 3. The molecule has 0 saturated carbocycles. The van der Waals surface area contributed by atoms with Crippen molar-refractivity contribution in [3.63, 3.8) is 0 Å². The lowest BCUT2D eigenvalue weighted by Gasteiger charge is -2.12. The average Bonchev–Trinajstić information content (AvgIpc) is 2.39. The van der Waals surface area contributed by atoms with E-state index in [0.29, 0.717) is 0 Å². The minimum absolute atomic E-state index is 0.181. The van der Waals surface area contributed by atoms with Crippen LogP contribution in [-0.4, -0.2) is 9.97 Å². The Morgan fingerprint density at radius 2 is 1.79 bits per heavy atom. The van der Waals surface area contributed by atoms with Gasteiger partial charge in [-0.25, -0.2) is 9.97 Å². The number of hydrogen-bond donors (Lipinski definition) is 0. The van der Waals surface area contributed by atoms with Crippen LogP contribution < -0.4 is 4.74 Å². The van der Waals surface area contributed by atoms with Crippen LogP contribution in [0.4, 0.5) is 13.2 Å². The van der Waals surface area contributed by atoms with Crippen molar-refractivity contribution in [3.05, 3.63) is 47.9 Å². The van der Waals surface area contributed by atoms with Gasteiger partial charge in [0.05, 0.1) is 5.56 Å². The van der Waals surface area contributed by atoms with Gasteiger partial charge in [-0.2, -0.15) is 18.4 Å². The van der Waals surface area contributed by atoms with Gasteiger partial charge in [0, 0.05) is 12.4 Å². The molecular weight excluding hydrogens is 259 g/mol. The molecule has 2 aromatic rings. The van der Waals surface area contributed by atoms with Gasteiger partial charge in [0.25, 0.3) is 5.88 Å². The third-order valence-electron chi connectivity index (χ3n) is 2.17. The number of ether oxygens (including phenoxy) is 1. The number of alkyl halides is 3. The number of aromatic nitrogens is 2. The Morgan fingerprint density at radius 1 is 1.11 bits per heavy atom. The maximum absolute atomic E-state index is 12.8. The van der Waals surface area contributed by atoms with Crippen LogP contribution in [0, 0.1) is 11.3 Å². The molecule has 0 fully saturated rings. The second-order valence-electron chi connectivity index (χ2n) is 3.42. The zero-order valence-corrected chi connectivity index (χ0v) is 9.35. The highest BCUT2D eigenvalue weighted by Crippen LogP contribution is 2.37. The van der Waals surface area contributed by atoms with Crippen LogP contribution in [0.3, 0.4) is 0 Å². The average molecular weight is 265 g/mol. The SMILES string of the molecule is N#Cc1nccnc1Oc1ccccc1C(F)(F)F. The van der Waals surface area contributed by atoms with Gasteiger partial charge in [-0.05, 0) is 12.1 Å². The maximum atomic E-state index is 12.8. The van der Waals surface area contributed by atoms with Gasteiger partial charge in [0.2, 0.25) is 5.69 Å². The second-order valence-corrected chi connectivity index (χ2v) is 3.42. The number of benzene rings is 1. The highest BCUT2D eigenvalue weighted by Gasteiger charge is 2.34. The lowest BCUT2D eigenvalue weighted by atomic mass is 10.2. The van der Waals surface area contributed by atoms with Crippen molar-refractivity contribution >= 4 is 0 Å². The Labute approximate surface area is 106 Å². The van der Waals surface area contributed by atoms with Crippen LogP contribution in [0.15, 0.2) is 36.7 Å². The first-order valence-electron chi connectivity index (χ1n) is 5.07. The van der Waals surface area contributed by atoms with E-state index in [0.717, 1.165) is 12.1 Å². The minimum atomic E-state index is -4.55. The third kappa shape index (κ3) is 2.80. The molecule has 0 aliphatic heterocycles. The van der Waals surface area contributed by atoms with Gasteiger partial charge in [0.15, 0.2) is 0 Å². The largest absolute Gasteiger partial charge is 0.436 e. The van der Waals surface area contributed by atoms with Crippen LogP contribution in [0.2, 0.25) is 0 Å². The van der Waals surface area contributed by atoms with Crippen LogP contribution in [0.1, 0.15) is 11.3 Å². The monoisotopic (exact) mass is 265 g/mol. The summed E-state index contributed by atoms with van der Waals surface area (Å²) in [6.07, 6.45) is -2.07. The molecule has 0 amide bonds. The van der Waals surface area contributed by atoms with Crippen molar-refractivity contribution in [1.82, 2.24) is 9.97 Å². The Balaban J connectivity index is 2.43. The van der Waals surface area contributed by atoms with E-state index in [1.807, 2.05) is 0 Å². The molecule has 2 rings (SSSR count). The predicted octanol–water partition coefficient (Wildman–Crippen LogP) is 3.16. The molecule has 0 bridgehead atoms. The summed E-state index contributed by atoms with van der Waals surface area (Å²) in [7, 11) is 0. The molecule has 0 N–H and O–H groups in total. The zero-order chi connectivity index (χ0) is 13.9. The molecule has 0 aliphatic rings. The number of para-hydroxylation sites is 1. The smallest absolute Gasteiger partial charge is 0.419 e. The number of nitriles is 1. The van der Waals surface area contributed by atoms with Gasteiger partial charge >= 0.3 is 6.18 Å². The predicted molar refractivity (Wildman–Crippen MR) is 58.3 cm³/mol. The third-order valence-corrected chi connectivity index (χ3v) is 2.17. The quantitative estimate of drug-likeness (QED) is 0.836. The Morgan fingerprint density at radius 3 is 2.47 bits per heavy atom. The fraction of sp³-hybridized carbons (Fsp3) is 0.0833. The first-order valence-corrected chi connectivity index (χ1v) is 5.07. The molecule has 0 atom stereocenters. The second kappa shape index (κ2) is 4.94. The molecule has 0 saturated heterocycles. The molecular formula is C12H6F3N3O. The molecule has 1 aromatic heterocycles. The van der Waals surface area contributed by atoms with E-state index in [1.165, 1.54) is 24.5 Å². The van der Waals surface area contributed by atoms with E-state index in [4.69, 9.17) is 10.00 Å². The topological polar surface area (TPSA) is 58.8 Å². The highest BCUT2D eigenvalue weighted by atomic mass is 19.4. The normalized spacial score (nSPS) is 10.8. The van der Waals surface area contributed by atoms with Gasteiger partial charge in [0.1, 0.15) is 11.8 Å².